The van der Waals surface area contributed by atoms with Gasteiger partial charge in [0.1, 0.15) is 5.82 Å². The quantitative estimate of drug-likeness (QED) is 0.768. The third-order valence-electron chi connectivity index (χ3n) is 1.34. The van der Waals surface area contributed by atoms with E-state index in [1.165, 1.54) is 18.3 Å². The van der Waals surface area contributed by atoms with Crippen molar-refractivity contribution < 1.29 is 12.8 Å². The van der Waals surface area contributed by atoms with Crippen LogP contribution in [0.2, 0.25) is 0 Å². The normalized spacial score (nSPS) is 11.5. The Morgan fingerprint density at radius 1 is 1.62 bits per heavy atom. The smallest absolute Gasteiger partial charge is 0.209 e. The van der Waals surface area contributed by atoms with E-state index in [0.717, 1.165) is 6.26 Å². The van der Waals surface area contributed by atoms with E-state index in [-0.39, 0.29) is 12.2 Å². The van der Waals surface area contributed by atoms with Crippen molar-refractivity contribution in [3.63, 3.8) is 0 Å². The summed E-state index contributed by atoms with van der Waals surface area (Å²) in [5.41, 5.74) is 0.0907. The molecule has 0 saturated carbocycles. The summed E-state index contributed by atoms with van der Waals surface area (Å²) in [5, 5.41) is 0. The number of pyridine rings is 1. The van der Waals surface area contributed by atoms with E-state index in [4.69, 9.17) is 0 Å². The molecular formula is C7H9FN2O2S. The molecule has 4 nitrogen and oxygen atoms in total. The van der Waals surface area contributed by atoms with Crippen LogP contribution in [0.25, 0.3) is 0 Å². The van der Waals surface area contributed by atoms with Crippen molar-refractivity contribution in [3.8, 4) is 0 Å². The molecule has 0 fully saturated rings. The molecule has 72 valence electrons. The number of hydrogen-bond donors (Lipinski definition) is 1. The summed E-state index contributed by atoms with van der Waals surface area (Å²) in [6, 6.07) is 2.67. The lowest BCUT2D eigenvalue weighted by Gasteiger charge is -2.01. The Morgan fingerprint density at radius 3 is 2.85 bits per heavy atom. The molecule has 1 rings (SSSR count). The predicted molar refractivity (Wildman–Crippen MR) is 45.9 cm³/mol. The van der Waals surface area contributed by atoms with Crippen molar-refractivity contribution in [2.24, 2.45) is 0 Å². The van der Waals surface area contributed by atoms with Crippen molar-refractivity contribution in [2.75, 3.05) is 6.26 Å². The first-order valence-corrected chi connectivity index (χ1v) is 5.42. The molecule has 0 amide bonds. The summed E-state index contributed by atoms with van der Waals surface area (Å²) in [7, 11) is -3.30. The lowest BCUT2D eigenvalue weighted by atomic mass is 10.3. The number of halogens is 1. The van der Waals surface area contributed by atoms with Crippen LogP contribution in [0.15, 0.2) is 18.3 Å². The summed E-state index contributed by atoms with van der Waals surface area (Å²) >= 11 is 0. The van der Waals surface area contributed by atoms with Gasteiger partial charge in [0.25, 0.3) is 0 Å². The van der Waals surface area contributed by atoms with Gasteiger partial charge < -0.3 is 0 Å². The number of hydrogen-bond acceptors (Lipinski definition) is 3. The van der Waals surface area contributed by atoms with Crippen LogP contribution in [0.4, 0.5) is 4.39 Å². The highest BCUT2D eigenvalue weighted by Crippen LogP contribution is 2.01. The molecule has 0 unspecified atom stereocenters. The third-order valence-corrected chi connectivity index (χ3v) is 2.01. The first kappa shape index (κ1) is 10.1. The topological polar surface area (TPSA) is 59.1 Å². The first-order chi connectivity index (χ1) is 5.99. The Kier molecular flexibility index (Phi) is 2.94. The standard InChI is InChI=1S/C7H9FN2O2S/c1-13(11,12)10-5-7-6(8)3-2-4-9-7/h2-4,10H,5H2,1H3. The zero-order valence-corrected chi connectivity index (χ0v) is 7.81. The molecule has 0 atom stereocenters. The van der Waals surface area contributed by atoms with E-state index in [1.807, 2.05) is 0 Å². The molecule has 0 bridgehead atoms. The van der Waals surface area contributed by atoms with Crippen molar-refractivity contribution in [3.05, 3.63) is 29.8 Å². The van der Waals surface area contributed by atoms with E-state index in [9.17, 15) is 12.8 Å². The Balaban J connectivity index is 2.71. The molecule has 1 N–H and O–H groups in total. The second-order valence-electron chi connectivity index (χ2n) is 2.53. The molecule has 0 aromatic carbocycles. The largest absolute Gasteiger partial charge is 0.257 e. The van der Waals surface area contributed by atoms with Gasteiger partial charge in [0.05, 0.1) is 18.5 Å². The number of sulfonamides is 1. The van der Waals surface area contributed by atoms with Gasteiger partial charge in [0.2, 0.25) is 10.0 Å². The first-order valence-electron chi connectivity index (χ1n) is 3.53. The van der Waals surface area contributed by atoms with E-state index in [2.05, 4.69) is 9.71 Å². The molecule has 0 aliphatic rings. The van der Waals surface area contributed by atoms with Crippen LogP contribution in [0.3, 0.4) is 0 Å². The molecule has 0 saturated heterocycles. The van der Waals surface area contributed by atoms with E-state index in [1.54, 1.807) is 0 Å². The van der Waals surface area contributed by atoms with Crippen molar-refractivity contribution in [1.82, 2.24) is 9.71 Å². The van der Waals surface area contributed by atoms with Gasteiger partial charge in [-0.1, -0.05) is 0 Å². The van der Waals surface area contributed by atoms with Crippen LogP contribution < -0.4 is 4.72 Å². The molecule has 1 aromatic heterocycles. The number of aromatic nitrogens is 1. The maximum atomic E-state index is 12.9. The minimum absolute atomic E-state index is 0.0907. The van der Waals surface area contributed by atoms with Gasteiger partial charge in [0, 0.05) is 6.20 Å². The second-order valence-corrected chi connectivity index (χ2v) is 4.36. The van der Waals surface area contributed by atoms with Gasteiger partial charge >= 0.3 is 0 Å². The van der Waals surface area contributed by atoms with Gasteiger partial charge in [-0.25, -0.2) is 17.5 Å². The number of rotatable bonds is 3. The van der Waals surface area contributed by atoms with Crippen molar-refractivity contribution >= 4 is 10.0 Å². The lowest BCUT2D eigenvalue weighted by molar-refractivity contribution is 0.574. The van der Waals surface area contributed by atoms with Crippen molar-refractivity contribution in [1.29, 1.82) is 0 Å². The fraction of sp³-hybridized carbons (Fsp3) is 0.286. The minimum Gasteiger partial charge on any atom is -0.257 e. The summed E-state index contributed by atoms with van der Waals surface area (Å²) in [6.45, 7) is -0.120. The highest BCUT2D eigenvalue weighted by molar-refractivity contribution is 7.88. The zero-order chi connectivity index (χ0) is 9.90. The molecule has 1 heterocycles. The molecule has 0 spiro atoms. The van der Waals surface area contributed by atoms with Crippen LogP contribution in [-0.4, -0.2) is 19.7 Å². The molecular weight excluding hydrogens is 195 g/mol. The van der Waals surface area contributed by atoms with Crippen LogP contribution in [0.5, 0.6) is 0 Å². The van der Waals surface area contributed by atoms with Crippen LogP contribution in [0, 0.1) is 5.82 Å². The Bertz CT molecular complexity index is 391. The number of nitrogens with zero attached hydrogens (tertiary/aromatic N) is 1. The SMILES string of the molecule is CS(=O)(=O)NCc1ncccc1F. The van der Waals surface area contributed by atoms with E-state index >= 15 is 0 Å². The van der Waals surface area contributed by atoms with Gasteiger partial charge in [-0.3, -0.25) is 4.98 Å². The lowest BCUT2D eigenvalue weighted by Crippen LogP contribution is -2.22. The van der Waals surface area contributed by atoms with Gasteiger partial charge in [0.15, 0.2) is 0 Å². The Morgan fingerprint density at radius 2 is 2.31 bits per heavy atom. The summed E-state index contributed by atoms with van der Waals surface area (Å²) in [4.78, 5) is 3.68. The molecule has 0 radical (unpaired) electrons. The maximum Gasteiger partial charge on any atom is 0.209 e. The van der Waals surface area contributed by atoms with Gasteiger partial charge in [-0.2, -0.15) is 0 Å². The van der Waals surface area contributed by atoms with E-state index in [0.29, 0.717) is 0 Å². The molecule has 1 aromatic rings. The zero-order valence-electron chi connectivity index (χ0n) is 6.99. The van der Waals surface area contributed by atoms with E-state index < -0.39 is 15.8 Å². The fourth-order valence-corrected chi connectivity index (χ4v) is 1.15. The Hall–Kier alpha value is -1.01. The predicted octanol–water partition coefficient (Wildman–Crippen LogP) is 0.270. The molecule has 6 heteroatoms. The van der Waals surface area contributed by atoms with Gasteiger partial charge in [-0.15, -0.1) is 0 Å². The van der Waals surface area contributed by atoms with Gasteiger partial charge in [-0.05, 0) is 12.1 Å². The molecule has 0 aliphatic heterocycles. The molecule has 13 heavy (non-hydrogen) atoms. The minimum atomic E-state index is -3.30. The summed E-state index contributed by atoms with van der Waals surface area (Å²) in [5.74, 6) is -0.515. The fourth-order valence-electron chi connectivity index (χ4n) is 0.748. The average Bonchev–Trinajstić information content (AvgIpc) is 2.01. The van der Waals surface area contributed by atoms with Crippen LogP contribution in [0.1, 0.15) is 5.69 Å². The maximum absolute atomic E-state index is 12.9. The summed E-state index contributed by atoms with van der Waals surface area (Å²) in [6.07, 6.45) is 2.41. The third kappa shape index (κ3) is 3.47. The van der Waals surface area contributed by atoms with Crippen molar-refractivity contribution in [2.45, 2.75) is 6.54 Å². The monoisotopic (exact) mass is 204 g/mol. The second kappa shape index (κ2) is 3.80. The van der Waals surface area contributed by atoms with Crippen LogP contribution >= 0.6 is 0 Å². The van der Waals surface area contributed by atoms with Crippen LogP contribution in [-0.2, 0) is 16.6 Å². The number of nitrogens with one attached hydrogen (secondary N) is 1. The highest BCUT2D eigenvalue weighted by Gasteiger charge is 2.05. The highest BCUT2D eigenvalue weighted by atomic mass is 32.2. The average molecular weight is 204 g/mol. The summed E-state index contributed by atoms with van der Waals surface area (Å²) < 4.78 is 36.3. The molecule has 0 aliphatic carbocycles. The Labute approximate surface area is 75.9 Å².